The van der Waals surface area contributed by atoms with Gasteiger partial charge in [0.1, 0.15) is 11.9 Å². The lowest BCUT2D eigenvalue weighted by molar-refractivity contribution is -0.138. The average Bonchev–Trinajstić information content (AvgIpc) is 2.96. The number of pyridine rings is 1. The van der Waals surface area contributed by atoms with Crippen molar-refractivity contribution in [2.24, 2.45) is 0 Å². The van der Waals surface area contributed by atoms with E-state index >= 15 is 0 Å². The molecular weight excluding hydrogens is 569 g/mol. The first kappa shape index (κ1) is 33.0. The van der Waals surface area contributed by atoms with Crippen LogP contribution in [0.15, 0.2) is 79.0 Å². The molecule has 42 heavy (non-hydrogen) atoms. The predicted molar refractivity (Wildman–Crippen MR) is 173 cm³/mol. The van der Waals surface area contributed by atoms with E-state index in [4.69, 9.17) is 0 Å². The van der Waals surface area contributed by atoms with Gasteiger partial charge in [0.15, 0.2) is 0 Å². The zero-order valence-electron chi connectivity index (χ0n) is 24.3. The van der Waals surface area contributed by atoms with Crippen LogP contribution >= 0.6 is 21.6 Å². The average molecular weight is 609 g/mol. The van der Waals surface area contributed by atoms with Crippen molar-refractivity contribution >= 4 is 45.2 Å². The Kier molecular flexibility index (Phi) is 13.2. The Balaban J connectivity index is 1.62. The highest BCUT2D eigenvalue weighted by atomic mass is 33.1. The van der Waals surface area contributed by atoms with E-state index in [0.29, 0.717) is 24.3 Å². The third kappa shape index (κ3) is 12.2. The molecule has 3 rings (SSSR count). The number of unbranched alkanes of at least 4 members (excludes halogenated alkanes) is 1. The van der Waals surface area contributed by atoms with E-state index in [2.05, 4.69) is 41.7 Å². The molecule has 4 N–H and O–H groups in total. The van der Waals surface area contributed by atoms with Crippen molar-refractivity contribution in [3.8, 4) is 11.1 Å². The minimum Gasteiger partial charge on any atom is -0.481 e. The maximum absolute atomic E-state index is 13.5. The Morgan fingerprint density at radius 3 is 2.21 bits per heavy atom. The van der Waals surface area contributed by atoms with Gasteiger partial charge >= 0.3 is 5.97 Å². The second kappa shape index (κ2) is 16.8. The van der Waals surface area contributed by atoms with Gasteiger partial charge in [0.05, 0.1) is 12.5 Å². The van der Waals surface area contributed by atoms with Gasteiger partial charge < -0.3 is 21.1 Å². The summed E-state index contributed by atoms with van der Waals surface area (Å²) >= 11 is 0. The lowest BCUT2D eigenvalue weighted by atomic mass is 9.99. The van der Waals surface area contributed by atoms with Crippen LogP contribution in [0.1, 0.15) is 58.1 Å². The summed E-state index contributed by atoms with van der Waals surface area (Å²) in [5.74, 6) is -0.493. The molecule has 0 fully saturated rings. The highest BCUT2D eigenvalue weighted by molar-refractivity contribution is 8.77. The number of carbonyl (C=O) groups excluding carboxylic acids is 2. The number of nitrogens with zero attached hydrogens (tertiary/aromatic N) is 1. The number of hydrogen-bond donors (Lipinski definition) is 4. The third-order valence-corrected chi connectivity index (χ3v) is 9.46. The van der Waals surface area contributed by atoms with Gasteiger partial charge in [0.25, 0.3) is 0 Å². The fourth-order valence-corrected chi connectivity index (χ4v) is 6.53. The number of carbonyl (C=O) groups is 3. The highest BCUT2D eigenvalue weighted by Crippen LogP contribution is 2.35. The highest BCUT2D eigenvalue weighted by Gasteiger charge is 2.26. The number of nitrogens with one attached hydrogen (secondary N) is 3. The first-order valence-electron chi connectivity index (χ1n) is 14.0. The zero-order chi connectivity index (χ0) is 30.4. The molecule has 8 nitrogen and oxygen atoms in total. The molecule has 0 saturated carbocycles. The van der Waals surface area contributed by atoms with Crippen molar-refractivity contribution < 1.29 is 19.5 Å². The molecular formula is C32H40N4O4S2. The molecule has 0 bridgehead atoms. The SMILES string of the molecule is CC(C)(C)SSC[C@@H](NC(=O)CCCCNc1ccccn1)C(=O)NC(CC(=O)O)c1ccc(-c2ccccc2)cc1. The van der Waals surface area contributed by atoms with Crippen LogP contribution in [-0.4, -0.2) is 51.0 Å². The van der Waals surface area contributed by atoms with Gasteiger partial charge in [-0.05, 0) is 41.7 Å². The molecule has 224 valence electrons. The summed E-state index contributed by atoms with van der Waals surface area (Å²) < 4.78 is -0.0251. The summed E-state index contributed by atoms with van der Waals surface area (Å²) in [4.78, 5) is 42.2. The lowest BCUT2D eigenvalue weighted by Gasteiger charge is -2.24. The van der Waals surface area contributed by atoms with Crippen molar-refractivity contribution in [2.75, 3.05) is 17.6 Å². The Morgan fingerprint density at radius 2 is 1.57 bits per heavy atom. The van der Waals surface area contributed by atoms with Crippen LogP contribution in [0, 0.1) is 0 Å². The number of aromatic nitrogens is 1. The second-order valence-corrected chi connectivity index (χ2v) is 14.0. The van der Waals surface area contributed by atoms with E-state index in [-0.39, 0.29) is 23.5 Å². The number of benzene rings is 2. The summed E-state index contributed by atoms with van der Waals surface area (Å²) in [5, 5.41) is 18.6. The molecule has 2 atom stereocenters. The Morgan fingerprint density at radius 1 is 0.881 bits per heavy atom. The van der Waals surface area contributed by atoms with Crippen LogP contribution in [-0.2, 0) is 14.4 Å². The van der Waals surface area contributed by atoms with Crippen molar-refractivity contribution in [3.63, 3.8) is 0 Å². The quantitative estimate of drug-likeness (QED) is 0.110. The second-order valence-electron chi connectivity index (χ2n) is 10.8. The van der Waals surface area contributed by atoms with Gasteiger partial charge in [0, 0.05) is 29.7 Å². The molecule has 3 aromatic rings. The van der Waals surface area contributed by atoms with E-state index < -0.39 is 24.0 Å². The summed E-state index contributed by atoms with van der Waals surface area (Å²) in [5.41, 5.74) is 2.73. The summed E-state index contributed by atoms with van der Waals surface area (Å²) in [7, 11) is 3.14. The zero-order valence-corrected chi connectivity index (χ0v) is 26.0. The number of anilines is 1. The number of aliphatic carboxylic acids is 1. The van der Waals surface area contributed by atoms with E-state index in [1.54, 1.807) is 17.0 Å². The van der Waals surface area contributed by atoms with Crippen LogP contribution in [0.5, 0.6) is 0 Å². The minimum atomic E-state index is -1.02. The Labute approximate surface area is 256 Å². The number of amides is 2. The van der Waals surface area contributed by atoms with E-state index in [1.165, 1.54) is 10.8 Å². The van der Waals surface area contributed by atoms with Gasteiger partial charge in [-0.2, -0.15) is 0 Å². The molecule has 1 unspecified atom stereocenters. The van der Waals surface area contributed by atoms with Crippen molar-refractivity contribution in [1.29, 1.82) is 0 Å². The molecule has 0 spiro atoms. The summed E-state index contributed by atoms with van der Waals surface area (Å²) in [6, 6.07) is 21.5. The first-order valence-corrected chi connectivity index (χ1v) is 16.3. The van der Waals surface area contributed by atoms with Crippen LogP contribution < -0.4 is 16.0 Å². The van der Waals surface area contributed by atoms with Crippen LogP contribution in [0.3, 0.4) is 0 Å². The maximum atomic E-state index is 13.5. The van der Waals surface area contributed by atoms with Crippen molar-refractivity contribution in [1.82, 2.24) is 15.6 Å². The van der Waals surface area contributed by atoms with Crippen molar-refractivity contribution in [3.05, 3.63) is 84.6 Å². The van der Waals surface area contributed by atoms with Crippen LogP contribution in [0.2, 0.25) is 0 Å². The molecule has 2 aromatic carbocycles. The standard InChI is InChI=1S/C32H40N4O4S2/c1-32(2,3)42-41-22-27(35-29(37)14-8-10-20-34-28-13-7-9-19-33-28)31(40)36-26(21-30(38)39)25-17-15-24(16-18-25)23-11-5-4-6-12-23/h4-7,9,11-13,15-19,26-27H,8,10,14,20-22H2,1-3H3,(H,33,34)(H,35,37)(H,36,40)(H,38,39)/t26?,27-/m1/s1. The number of rotatable bonds is 16. The summed E-state index contributed by atoms with van der Waals surface area (Å²) in [6.45, 7) is 6.93. The van der Waals surface area contributed by atoms with Crippen molar-refractivity contribution in [2.45, 2.75) is 63.3 Å². The number of hydrogen-bond acceptors (Lipinski definition) is 7. The van der Waals surface area contributed by atoms with Crippen LogP contribution in [0.25, 0.3) is 11.1 Å². The molecule has 0 radical (unpaired) electrons. The Bertz CT molecular complexity index is 1270. The molecule has 1 heterocycles. The summed E-state index contributed by atoms with van der Waals surface area (Å²) in [6.07, 6.45) is 3.15. The van der Waals surface area contributed by atoms with Gasteiger partial charge in [0.2, 0.25) is 11.8 Å². The van der Waals surface area contributed by atoms with Gasteiger partial charge in [-0.25, -0.2) is 4.98 Å². The topological polar surface area (TPSA) is 120 Å². The normalized spacial score (nSPS) is 12.6. The predicted octanol–water partition coefficient (Wildman–Crippen LogP) is 6.33. The molecule has 0 aliphatic heterocycles. The smallest absolute Gasteiger partial charge is 0.305 e. The van der Waals surface area contributed by atoms with E-state index in [0.717, 1.165) is 23.4 Å². The van der Waals surface area contributed by atoms with Gasteiger partial charge in [-0.3, -0.25) is 14.4 Å². The van der Waals surface area contributed by atoms with E-state index in [1.807, 2.05) is 72.8 Å². The van der Waals surface area contributed by atoms with Crippen LogP contribution in [0.4, 0.5) is 5.82 Å². The molecule has 1 aromatic heterocycles. The first-order chi connectivity index (χ1) is 20.1. The largest absolute Gasteiger partial charge is 0.481 e. The molecule has 0 aliphatic carbocycles. The maximum Gasteiger partial charge on any atom is 0.305 e. The van der Waals surface area contributed by atoms with Gasteiger partial charge in [-0.1, -0.05) is 103 Å². The monoisotopic (exact) mass is 608 g/mol. The fraction of sp³-hybridized carbons (Fsp3) is 0.375. The molecule has 2 amide bonds. The number of carboxylic acids is 1. The van der Waals surface area contributed by atoms with Gasteiger partial charge in [-0.15, -0.1) is 0 Å². The van der Waals surface area contributed by atoms with E-state index in [9.17, 15) is 19.5 Å². The molecule has 0 saturated heterocycles. The Hall–Kier alpha value is -3.50. The molecule has 0 aliphatic rings. The third-order valence-electron chi connectivity index (χ3n) is 6.11. The lowest BCUT2D eigenvalue weighted by Crippen LogP contribution is -2.49. The fourth-order valence-electron chi connectivity index (χ4n) is 4.06. The molecule has 10 heteroatoms. The number of carboxylic acid groups (broad SMARTS) is 1. The minimum absolute atomic E-state index is 0.0251.